The molecule has 12 heteroatoms. The van der Waals surface area contributed by atoms with Crippen LogP contribution in [0.25, 0.3) is 11.1 Å². The number of anilines is 1. The Morgan fingerprint density at radius 2 is 1.47 bits per heavy atom. The third-order valence-corrected chi connectivity index (χ3v) is 12.4. The van der Waals surface area contributed by atoms with Gasteiger partial charge in [-0.25, -0.2) is 0 Å². The van der Waals surface area contributed by atoms with E-state index < -0.39 is 6.04 Å². The number of amides is 3. The van der Waals surface area contributed by atoms with Crippen molar-refractivity contribution in [2.45, 2.75) is 51.6 Å². The maximum atomic E-state index is 13.1. The lowest BCUT2D eigenvalue weighted by molar-refractivity contribution is -0.136. The molecule has 0 aliphatic carbocycles. The van der Waals surface area contributed by atoms with Crippen LogP contribution in [-0.2, 0) is 16.1 Å². The Hall–Kier alpha value is -5.43. The van der Waals surface area contributed by atoms with Crippen molar-refractivity contribution < 1.29 is 28.8 Å². The summed E-state index contributed by atoms with van der Waals surface area (Å²) in [7, 11) is 0.701. The summed E-state index contributed by atoms with van der Waals surface area (Å²) in [5, 5.41) is 11.5. The predicted molar refractivity (Wildman–Crippen MR) is 230 cm³/mol. The Balaban J connectivity index is 0.783. The van der Waals surface area contributed by atoms with E-state index in [9.17, 15) is 14.4 Å². The van der Waals surface area contributed by atoms with Gasteiger partial charge in [-0.2, -0.15) is 0 Å². The molecule has 0 spiro atoms. The number of piperidine rings is 2. The van der Waals surface area contributed by atoms with Gasteiger partial charge in [-0.1, -0.05) is 61.5 Å². The zero-order valence-corrected chi connectivity index (χ0v) is 33.9. The van der Waals surface area contributed by atoms with Crippen LogP contribution in [0.3, 0.4) is 0 Å². The van der Waals surface area contributed by atoms with Crippen LogP contribution in [0.2, 0.25) is 0 Å². The third kappa shape index (κ3) is 9.41. The van der Waals surface area contributed by atoms with Gasteiger partial charge in [0.05, 0.1) is 0 Å². The molecule has 4 aliphatic rings. The molecule has 1 atom stereocenters. The van der Waals surface area contributed by atoms with Gasteiger partial charge in [0.15, 0.2) is 0 Å². The number of imide groups is 1. The highest BCUT2D eigenvalue weighted by Crippen LogP contribution is 2.36. The van der Waals surface area contributed by atoms with E-state index >= 15 is 0 Å². The number of rotatable bonds is 14. The topological polar surface area (TPSA) is 115 Å². The molecule has 3 amide bonds. The third-order valence-electron chi connectivity index (χ3n) is 12.4. The molecule has 4 heterocycles. The van der Waals surface area contributed by atoms with Crippen molar-refractivity contribution >= 4 is 42.2 Å². The van der Waals surface area contributed by atoms with Gasteiger partial charge in [0.1, 0.15) is 24.1 Å². The van der Waals surface area contributed by atoms with E-state index in [4.69, 9.17) is 14.4 Å². The first-order chi connectivity index (χ1) is 28.9. The first kappa shape index (κ1) is 40.4. The number of likely N-dealkylation sites (tertiary alicyclic amines) is 1. The average Bonchev–Trinajstić information content (AvgIpc) is 3.59. The monoisotopic (exact) mass is 794 g/mol. The molecular formula is C47H53BN5O6. The molecule has 2 N–H and O–H groups in total. The van der Waals surface area contributed by atoms with Crippen molar-refractivity contribution in [2.75, 3.05) is 63.9 Å². The highest BCUT2D eigenvalue weighted by molar-refractivity contribution is 6.17. The van der Waals surface area contributed by atoms with Gasteiger partial charge in [0.2, 0.25) is 11.8 Å². The summed E-state index contributed by atoms with van der Waals surface area (Å²) in [6.07, 6.45) is 3.89. The summed E-state index contributed by atoms with van der Waals surface area (Å²) in [5.41, 5.74) is 8.53. The van der Waals surface area contributed by atoms with Crippen LogP contribution in [-0.4, -0.2) is 110 Å². The van der Waals surface area contributed by atoms with Crippen LogP contribution in [0.15, 0.2) is 97.1 Å². The highest BCUT2D eigenvalue weighted by Gasteiger charge is 2.39. The number of benzene rings is 4. The zero-order valence-electron chi connectivity index (χ0n) is 33.9. The predicted octanol–water partition coefficient (Wildman–Crippen LogP) is 5.64. The van der Waals surface area contributed by atoms with Gasteiger partial charge in [-0.05, 0) is 121 Å². The van der Waals surface area contributed by atoms with Gasteiger partial charge in [0.25, 0.3) is 5.91 Å². The maximum absolute atomic E-state index is 13.1. The van der Waals surface area contributed by atoms with Crippen LogP contribution in [0.1, 0.15) is 71.6 Å². The number of piperazine rings is 1. The van der Waals surface area contributed by atoms with E-state index in [0.29, 0.717) is 44.5 Å². The van der Waals surface area contributed by atoms with Crippen LogP contribution in [0.5, 0.6) is 11.5 Å². The molecule has 0 bridgehead atoms. The second kappa shape index (κ2) is 18.7. The van der Waals surface area contributed by atoms with Crippen molar-refractivity contribution in [3.8, 4) is 11.5 Å². The number of nitrogens with zero attached hydrogens (tertiary/aromatic N) is 4. The molecule has 3 saturated heterocycles. The summed E-state index contributed by atoms with van der Waals surface area (Å²) >= 11 is 0. The largest absolute Gasteiger partial charge is 0.569 e. The fourth-order valence-electron chi connectivity index (χ4n) is 9.16. The number of ether oxygens (including phenoxy) is 1. The molecule has 0 unspecified atom stereocenters. The van der Waals surface area contributed by atoms with E-state index in [1.54, 1.807) is 4.90 Å². The summed E-state index contributed by atoms with van der Waals surface area (Å²) < 4.78 is 11.4. The first-order valence-corrected chi connectivity index (χ1v) is 21.1. The molecule has 4 aliphatic heterocycles. The lowest BCUT2D eigenvalue weighted by atomic mass is 9.88. The van der Waals surface area contributed by atoms with Crippen LogP contribution < -0.4 is 19.6 Å². The van der Waals surface area contributed by atoms with Crippen LogP contribution >= 0.6 is 0 Å². The SMILES string of the molecule is CC/C(=C(\c1ccc(O[B]O)cc1)c1ccc(OCCN2CCC(CN3CCN(c4ccc5c(c4)CN([C@@H]4CCC(=O)NC4=O)C5=O)CC3)CC2)cc1)c1ccccc1. The van der Waals surface area contributed by atoms with Crippen molar-refractivity contribution in [1.82, 2.24) is 20.0 Å². The van der Waals surface area contributed by atoms with Crippen LogP contribution in [0, 0.1) is 5.92 Å². The van der Waals surface area contributed by atoms with E-state index in [2.05, 4.69) is 81.5 Å². The molecule has 305 valence electrons. The number of hydrogen-bond acceptors (Lipinski definition) is 9. The number of carbonyl (C=O) groups excluding carboxylic acids is 3. The lowest BCUT2D eigenvalue weighted by Gasteiger charge is -2.39. The molecule has 8 rings (SSSR count). The Kier molecular flexibility index (Phi) is 12.8. The van der Waals surface area contributed by atoms with Gasteiger partial charge in [-0.15, -0.1) is 0 Å². The second-order valence-electron chi connectivity index (χ2n) is 16.0. The summed E-state index contributed by atoms with van der Waals surface area (Å²) in [6.45, 7) is 11.4. The number of nitrogens with one attached hydrogen (secondary N) is 1. The Morgan fingerprint density at radius 3 is 2.14 bits per heavy atom. The van der Waals surface area contributed by atoms with Gasteiger partial charge < -0.3 is 24.2 Å². The molecule has 1 radical (unpaired) electrons. The van der Waals surface area contributed by atoms with Crippen LogP contribution in [0.4, 0.5) is 5.69 Å². The minimum Gasteiger partial charge on any atom is -0.537 e. The number of hydrogen-bond donors (Lipinski definition) is 2. The first-order valence-electron chi connectivity index (χ1n) is 21.1. The summed E-state index contributed by atoms with van der Waals surface area (Å²) in [4.78, 5) is 46.4. The summed E-state index contributed by atoms with van der Waals surface area (Å²) in [6, 6.07) is 32.2. The fourth-order valence-corrected chi connectivity index (χ4v) is 9.16. The average molecular weight is 795 g/mol. The number of carbonyl (C=O) groups is 3. The molecule has 4 aromatic carbocycles. The second-order valence-corrected chi connectivity index (χ2v) is 16.0. The van der Waals surface area contributed by atoms with Gasteiger partial charge in [-0.3, -0.25) is 29.5 Å². The van der Waals surface area contributed by atoms with Gasteiger partial charge >= 0.3 is 7.69 Å². The van der Waals surface area contributed by atoms with E-state index in [1.807, 2.05) is 42.5 Å². The van der Waals surface area contributed by atoms with Gasteiger partial charge in [0, 0.05) is 63.5 Å². The Morgan fingerprint density at radius 1 is 0.780 bits per heavy atom. The normalized spacial score (nSPS) is 19.6. The van der Waals surface area contributed by atoms with E-state index in [-0.39, 0.29) is 24.1 Å². The Labute approximate surface area is 347 Å². The van der Waals surface area contributed by atoms with Crippen molar-refractivity contribution in [1.29, 1.82) is 0 Å². The number of allylic oxidation sites excluding steroid dienone is 1. The minimum atomic E-state index is -0.591. The highest BCUT2D eigenvalue weighted by atomic mass is 16.5. The minimum absolute atomic E-state index is 0.127. The molecule has 11 nitrogen and oxygen atoms in total. The molecule has 4 aromatic rings. The Bertz CT molecular complexity index is 2130. The lowest BCUT2D eigenvalue weighted by Crippen LogP contribution is -2.52. The number of fused-ring (bicyclic) bond motifs is 1. The smallest absolute Gasteiger partial charge is 0.537 e. The van der Waals surface area contributed by atoms with Crippen molar-refractivity contribution in [2.24, 2.45) is 5.92 Å². The maximum Gasteiger partial charge on any atom is 0.569 e. The quantitative estimate of drug-likeness (QED) is 0.0953. The van der Waals surface area contributed by atoms with E-state index in [1.165, 1.54) is 24.0 Å². The molecule has 59 heavy (non-hydrogen) atoms. The summed E-state index contributed by atoms with van der Waals surface area (Å²) in [5.74, 6) is 1.36. The molecule has 0 saturated carbocycles. The molecule has 3 fully saturated rings. The standard InChI is InChI=1S/C47H53BN5O6/c1-2-41(34-6-4-3-5-7-34)45(36-10-15-40(16-11-36)59-48-57)35-8-13-39(14-9-35)58-29-28-50-22-20-33(21-23-50)31-51-24-26-52(27-25-51)38-12-17-42-37(30-38)32-53(47(42)56)43-18-19-44(54)49-46(43)55/h3-17,30,33,43,57H,2,18-29,31-32H2,1H3,(H,49,54,55)/b45-41+/t43-/m1/s1. The molecular weight excluding hydrogens is 741 g/mol. The van der Waals surface area contributed by atoms with Crippen molar-refractivity contribution in [3.63, 3.8) is 0 Å². The zero-order chi connectivity index (χ0) is 40.7. The molecule has 0 aromatic heterocycles. The fraction of sp³-hybridized carbons (Fsp3) is 0.383. The van der Waals surface area contributed by atoms with E-state index in [0.717, 1.165) is 92.5 Å². The van der Waals surface area contributed by atoms with Crippen molar-refractivity contribution in [3.05, 3.63) is 125 Å².